The lowest BCUT2D eigenvalue weighted by Crippen LogP contribution is -2.26. The highest BCUT2D eigenvalue weighted by atomic mass is 32.2. The summed E-state index contributed by atoms with van der Waals surface area (Å²) in [6, 6.07) is 16.6. The van der Waals surface area contributed by atoms with E-state index in [4.69, 9.17) is 5.73 Å². The summed E-state index contributed by atoms with van der Waals surface area (Å²) >= 11 is 0. The highest BCUT2D eigenvalue weighted by Crippen LogP contribution is 2.26. The maximum atomic E-state index is 12.8. The van der Waals surface area contributed by atoms with Crippen molar-refractivity contribution in [3.05, 3.63) is 72.6 Å². The van der Waals surface area contributed by atoms with Gasteiger partial charge in [0.1, 0.15) is 15.7 Å². The fourth-order valence-corrected chi connectivity index (χ4v) is 5.77. The lowest BCUT2D eigenvalue weighted by Gasteiger charge is -2.15. The zero-order chi connectivity index (χ0) is 26.6. The summed E-state index contributed by atoms with van der Waals surface area (Å²) in [7, 11) is -4.69. The molecule has 2 N–H and O–H groups in total. The van der Waals surface area contributed by atoms with Crippen LogP contribution in [-0.4, -0.2) is 68.8 Å². The first-order chi connectivity index (χ1) is 17.5. The van der Waals surface area contributed by atoms with Gasteiger partial charge in [0.25, 0.3) is 0 Å². The number of aromatic nitrogens is 3. The number of pyridine rings is 1. The van der Waals surface area contributed by atoms with E-state index in [1.54, 1.807) is 48.7 Å². The number of hydrogen-bond donors (Lipinski definition) is 1. The molecular formula is C26H29N5O4S2. The molecule has 0 aliphatic carbocycles. The van der Waals surface area contributed by atoms with Gasteiger partial charge in [0.05, 0.1) is 27.3 Å². The van der Waals surface area contributed by atoms with Crippen molar-refractivity contribution >= 4 is 36.4 Å². The minimum atomic E-state index is -3.61. The van der Waals surface area contributed by atoms with Crippen LogP contribution in [0.25, 0.3) is 22.3 Å². The van der Waals surface area contributed by atoms with E-state index < -0.39 is 19.7 Å². The van der Waals surface area contributed by atoms with Crippen molar-refractivity contribution in [3.63, 3.8) is 0 Å². The third-order valence-corrected chi connectivity index (χ3v) is 8.67. The number of sulfone groups is 2. The van der Waals surface area contributed by atoms with Gasteiger partial charge >= 0.3 is 0 Å². The summed E-state index contributed by atoms with van der Waals surface area (Å²) in [5, 5.41) is 0.697. The summed E-state index contributed by atoms with van der Waals surface area (Å²) < 4.78 is 48.3. The van der Waals surface area contributed by atoms with Crippen molar-refractivity contribution in [2.24, 2.45) is 0 Å². The van der Waals surface area contributed by atoms with Crippen LogP contribution >= 0.6 is 0 Å². The molecular weight excluding hydrogens is 510 g/mol. The van der Waals surface area contributed by atoms with Gasteiger partial charge < -0.3 is 10.6 Å². The van der Waals surface area contributed by atoms with E-state index in [1.165, 1.54) is 18.4 Å². The number of hydrogen-bond acceptors (Lipinski definition) is 9. The standard InChI is InChI=1S/C26H29N5O4S2/c1-31(15-16-36(2,32)33)14-6-7-20-17-23-24(18-28-20)29-26(30-25(23)27)19-10-12-22(13-11-19)37(34,35)21-8-4-3-5-9-21/h3-5,8-13,17-18H,6-7,14-16H2,1-2H3,(H2,27,29,30). The van der Waals surface area contributed by atoms with Crippen LogP contribution in [0.4, 0.5) is 5.82 Å². The van der Waals surface area contributed by atoms with Gasteiger partial charge in [-0.3, -0.25) is 4.98 Å². The molecule has 0 atom stereocenters. The zero-order valence-electron chi connectivity index (χ0n) is 20.7. The Balaban J connectivity index is 1.47. The number of rotatable bonds is 10. The average Bonchev–Trinajstić information content (AvgIpc) is 2.88. The predicted octanol–water partition coefficient (Wildman–Crippen LogP) is 3.02. The third kappa shape index (κ3) is 6.68. The molecule has 0 saturated carbocycles. The molecule has 4 rings (SSSR count). The van der Waals surface area contributed by atoms with Crippen molar-refractivity contribution in [3.8, 4) is 11.4 Å². The van der Waals surface area contributed by atoms with Crippen LogP contribution in [0.1, 0.15) is 12.1 Å². The SMILES string of the molecule is CN(CCCc1cc2c(N)nc(-c3ccc(S(=O)(=O)c4ccccc4)cc3)nc2cn1)CCS(C)(=O)=O. The van der Waals surface area contributed by atoms with Crippen LogP contribution in [0.15, 0.2) is 76.7 Å². The normalized spacial score (nSPS) is 12.3. The Kier molecular flexibility index (Phi) is 7.86. The predicted molar refractivity (Wildman–Crippen MR) is 145 cm³/mol. The largest absolute Gasteiger partial charge is 0.383 e. The van der Waals surface area contributed by atoms with Gasteiger partial charge in [0.2, 0.25) is 9.84 Å². The molecule has 0 unspecified atom stereocenters. The molecule has 2 aromatic heterocycles. The Hall–Kier alpha value is -3.41. The fraction of sp³-hybridized carbons (Fsp3) is 0.269. The lowest BCUT2D eigenvalue weighted by atomic mass is 10.1. The van der Waals surface area contributed by atoms with Crippen molar-refractivity contribution in [2.45, 2.75) is 22.6 Å². The maximum Gasteiger partial charge on any atom is 0.206 e. The lowest BCUT2D eigenvalue weighted by molar-refractivity contribution is 0.347. The van der Waals surface area contributed by atoms with E-state index in [-0.39, 0.29) is 15.5 Å². The molecule has 0 saturated heterocycles. The van der Waals surface area contributed by atoms with E-state index in [9.17, 15) is 16.8 Å². The van der Waals surface area contributed by atoms with Crippen LogP contribution < -0.4 is 5.73 Å². The minimum absolute atomic E-state index is 0.138. The van der Waals surface area contributed by atoms with Crippen molar-refractivity contribution in [1.82, 2.24) is 19.9 Å². The molecule has 0 amide bonds. The molecule has 0 spiro atoms. The van der Waals surface area contributed by atoms with E-state index in [0.29, 0.717) is 41.1 Å². The van der Waals surface area contributed by atoms with Crippen LogP contribution in [-0.2, 0) is 26.1 Å². The highest BCUT2D eigenvalue weighted by molar-refractivity contribution is 7.91. The fourth-order valence-electron chi connectivity index (χ4n) is 3.85. The number of benzene rings is 2. The van der Waals surface area contributed by atoms with Crippen LogP contribution in [0.2, 0.25) is 0 Å². The maximum absolute atomic E-state index is 12.8. The highest BCUT2D eigenvalue weighted by Gasteiger charge is 2.18. The summed E-state index contributed by atoms with van der Waals surface area (Å²) in [5.74, 6) is 0.838. The monoisotopic (exact) mass is 539 g/mol. The molecule has 37 heavy (non-hydrogen) atoms. The first-order valence-corrected chi connectivity index (χ1v) is 15.3. The van der Waals surface area contributed by atoms with Gasteiger partial charge in [0, 0.05) is 29.4 Å². The Morgan fingerprint density at radius 3 is 2.24 bits per heavy atom. The van der Waals surface area contributed by atoms with Gasteiger partial charge in [-0.15, -0.1) is 0 Å². The second-order valence-corrected chi connectivity index (χ2v) is 13.2. The molecule has 0 fully saturated rings. The molecule has 0 aliphatic heterocycles. The summed E-state index contributed by atoms with van der Waals surface area (Å²) in [6.45, 7) is 1.24. The van der Waals surface area contributed by atoms with Crippen LogP contribution in [0.3, 0.4) is 0 Å². The van der Waals surface area contributed by atoms with Gasteiger partial charge in [-0.05, 0) is 68.9 Å². The van der Waals surface area contributed by atoms with E-state index in [0.717, 1.165) is 18.7 Å². The molecule has 0 radical (unpaired) electrons. The first kappa shape index (κ1) is 26.6. The van der Waals surface area contributed by atoms with Crippen molar-refractivity contribution in [2.75, 3.05) is 37.9 Å². The van der Waals surface area contributed by atoms with Crippen LogP contribution in [0.5, 0.6) is 0 Å². The number of anilines is 1. The molecule has 2 heterocycles. The van der Waals surface area contributed by atoms with Gasteiger partial charge in [-0.25, -0.2) is 26.8 Å². The number of nitrogens with two attached hydrogens (primary N) is 1. The smallest absolute Gasteiger partial charge is 0.206 e. The second kappa shape index (κ2) is 10.9. The molecule has 9 nitrogen and oxygen atoms in total. The second-order valence-electron chi connectivity index (χ2n) is 9.00. The zero-order valence-corrected chi connectivity index (χ0v) is 22.3. The third-order valence-electron chi connectivity index (χ3n) is 5.96. The number of aryl methyl sites for hydroxylation is 1. The van der Waals surface area contributed by atoms with E-state index in [1.807, 2.05) is 18.0 Å². The summed E-state index contributed by atoms with van der Waals surface area (Å²) in [4.78, 5) is 15.9. The van der Waals surface area contributed by atoms with Gasteiger partial charge in [0.15, 0.2) is 5.82 Å². The van der Waals surface area contributed by atoms with E-state index >= 15 is 0 Å². The number of nitrogen functional groups attached to an aromatic ring is 1. The molecule has 4 aromatic rings. The summed E-state index contributed by atoms with van der Waals surface area (Å²) in [6.07, 6.45) is 4.42. The average molecular weight is 540 g/mol. The Morgan fingerprint density at radius 1 is 0.892 bits per heavy atom. The Labute approximate surface area is 217 Å². The van der Waals surface area contributed by atoms with Crippen LogP contribution in [0, 0.1) is 0 Å². The van der Waals surface area contributed by atoms with Crippen molar-refractivity contribution < 1.29 is 16.8 Å². The Bertz CT molecular complexity index is 1610. The molecule has 0 aliphatic rings. The quantitative estimate of drug-likeness (QED) is 0.322. The summed E-state index contributed by atoms with van der Waals surface area (Å²) in [5.41, 5.74) is 8.34. The molecule has 2 aromatic carbocycles. The number of fused-ring (bicyclic) bond motifs is 1. The molecule has 0 bridgehead atoms. The first-order valence-electron chi connectivity index (χ1n) is 11.7. The van der Waals surface area contributed by atoms with E-state index in [2.05, 4.69) is 15.0 Å². The molecule has 11 heteroatoms. The van der Waals surface area contributed by atoms with Gasteiger partial charge in [-0.1, -0.05) is 18.2 Å². The molecule has 194 valence electrons. The van der Waals surface area contributed by atoms with Gasteiger partial charge in [-0.2, -0.15) is 0 Å². The number of nitrogens with zero attached hydrogens (tertiary/aromatic N) is 4. The minimum Gasteiger partial charge on any atom is -0.383 e. The van der Waals surface area contributed by atoms with Crippen molar-refractivity contribution in [1.29, 1.82) is 0 Å². The topological polar surface area (TPSA) is 136 Å². The Morgan fingerprint density at radius 2 is 1.57 bits per heavy atom.